The van der Waals surface area contributed by atoms with Crippen LogP contribution >= 0.6 is 0 Å². The molecule has 0 amide bonds. The van der Waals surface area contributed by atoms with E-state index in [4.69, 9.17) is 9.47 Å². The number of rotatable bonds is 5. The number of hydrogen-bond acceptors (Lipinski definition) is 4. The third kappa shape index (κ3) is 3.30. The zero-order chi connectivity index (χ0) is 15.5. The first-order chi connectivity index (χ1) is 10.0. The van der Waals surface area contributed by atoms with E-state index < -0.39 is 10.0 Å². The summed E-state index contributed by atoms with van der Waals surface area (Å²) in [5.74, 6) is 0.952. The van der Waals surface area contributed by atoms with Gasteiger partial charge in [0.2, 0.25) is 10.0 Å². The molecular weight excluding hydrogens is 292 g/mol. The van der Waals surface area contributed by atoms with E-state index in [0.29, 0.717) is 24.6 Å². The molecule has 1 N–H and O–H groups in total. The van der Waals surface area contributed by atoms with Crippen LogP contribution in [0.4, 0.5) is 0 Å². The van der Waals surface area contributed by atoms with Gasteiger partial charge < -0.3 is 14.4 Å². The molecule has 1 aliphatic rings. The van der Waals surface area contributed by atoms with Gasteiger partial charge in [0.05, 0.1) is 51.8 Å². The Kier molecular flexibility index (Phi) is 5.08. The SMILES string of the molecule is CC[NH+]1CCN(S(=O)(=O)c2ccc(OC)c(OC)c2)CC1. The molecule has 21 heavy (non-hydrogen) atoms. The minimum atomic E-state index is -3.47. The van der Waals surface area contributed by atoms with Crippen molar-refractivity contribution in [1.82, 2.24) is 4.31 Å². The second-order valence-corrected chi connectivity index (χ2v) is 6.96. The fourth-order valence-electron chi connectivity index (χ4n) is 2.52. The van der Waals surface area contributed by atoms with Gasteiger partial charge >= 0.3 is 0 Å². The molecule has 1 aromatic carbocycles. The second kappa shape index (κ2) is 6.64. The fourth-order valence-corrected chi connectivity index (χ4v) is 3.98. The highest BCUT2D eigenvalue weighted by Crippen LogP contribution is 2.30. The minimum absolute atomic E-state index is 0.250. The molecular formula is C14H23N2O4S+. The first-order valence-corrected chi connectivity index (χ1v) is 8.52. The monoisotopic (exact) mass is 315 g/mol. The fraction of sp³-hybridized carbons (Fsp3) is 0.571. The van der Waals surface area contributed by atoms with Crippen LogP contribution in [0.2, 0.25) is 0 Å². The maximum Gasteiger partial charge on any atom is 0.243 e. The standard InChI is InChI=1S/C14H22N2O4S/c1-4-15-7-9-16(10-8-15)21(17,18)12-5-6-13(19-2)14(11-12)20-3/h5-6,11H,4,7-10H2,1-3H3/p+1. The molecule has 0 bridgehead atoms. The first kappa shape index (κ1) is 16.1. The van der Waals surface area contributed by atoms with Crippen LogP contribution in [-0.4, -0.2) is 59.7 Å². The van der Waals surface area contributed by atoms with Gasteiger partial charge in [-0.2, -0.15) is 4.31 Å². The average Bonchev–Trinajstić information content (AvgIpc) is 2.54. The normalized spacial score (nSPS) is 17.7. The van der Waals surface area contributed by atoms with Gasteiger partial charge in [-0.15, -0.1) is 0 Å². The summed E-state index contributed by atoms with van der Waals surface area (Å²) in [4.78, 5) is 1.69. The summed E-state index contributed by atoms with van der Waals surface area (Å²) in [5, 5.41) is 0. The van der Waals surface area contributed by atoms with E-state index in [9.17, 15) is 8.42 Å². The molecule has 0 aromatic heterocycles. The minimum Gasteiger partial charge on any atom is -0.493 e. The number of nitrogens with one attached hydrogen (secondary N) is 1. The van der Waals surface area contributed by atoms with Crippen LogP contribution in [0.15, 0.2) is 23.1 Å². The van der Waals surface area contributed by atoms with Gasteiger partial charge in [0, 0.05) is 6.07 Å². The second-order valence-electron chi connectivity index (χ2n) is 5.02. The quantitative estimate of drug-likeness (QED) is 0.804. The average molecular weight is 315 g/mol. The summed E-state index contributed by atoms with van der Waals surface area (Å²) in [5.41, 5.74) is 0. The molecule has 0 unspecified atom stereocenters. The molecule has 0 radical (unpaired) electrons. The van der Waals surface area contributed by atoms with Crippen LogP contribution in [0.1, 0.15) is 6.92 Å². The van der Waals surface area contributed by atoms with E-state index in [1.165, 1.54) is 25.2 Å². The lowest BCUT2D eigenvalue weighted by Gasteiger charge is -2.30. The molecule has 0 atom stereocenters. The molecule has 6 nitrogen and oxygen atoms in total. The van der Waals surface area contributed by atoms with Crippen LogP contribution in [-0.2, 0) is 10.0 Å². The number of nitrogens with zero attached hydrogens (tertiary/aromatic N) is 1. The molecule has 1 aromatic rings. The van der Waals surface area contributed by atoms with Crippen molar-refractivity contribution in [2.75, 3.05) is 46.9 Å². The summed E-state index contributed by atoms with van der Waals surface area (Å²) < 4.78 is 37.2. The summed E-state index contributed by atoms with van der Waals surface area (Å²) in [6, 6.07) is 4.71. The number of hydrogen-bond donors (Lipinski definition) is 1. The molecule has 1 fully saturated rings. The Bertz CT molecular complexity index is 581. The molecule has 1 saturated heterocycles. The van der Waals surface area contributed by atoms with Crippen molar-refractivity contribution in [2.45, 2.75) is 11.8 Å². The zero-order valence-corrected chi connectivity index (χ0v) is 13.6. The van der Waals surface area contributed by atoms with Gasteiger partial charge in [-0.25, -0.2) is 8.42 Å². The van der Waals surface area contributed by atoms with Gasteiger partial charge in [0.15, 0.2) is 11.5 Å². The van der Waals surface area contributed by atoms with Crippen molar-refractivity contribution in [3.05, 3.63) is 18.2 Å². The van der Waals surface area contributed by atoms with E-state index in [2.05, 4.69) is 6.92 Å². The van der Waals surface area contributed by atoms with Crippen molar-refractivity contribution in [3.63, 3.8) is 0 Å². The lowest BCUT2D eigenvalue weighted by Crippen LogP contribution is -3.14. The number of sulfonamides is 1. The van der Waals surface area contributed by atoms with Crippen LogP contribution < -0.4 is 14.4 Å². The Morgan fingerprint density at radius 1 is 1.14 bits per heavy atom. The first-order valence-electron chi connectivity index (χ1n) is 7.08. The Balaban J connectivity index is 2.24. The predicted octanol–water partition coefficient (Wildman–Crippen LogP) is -0.387. The largest absolute Gasteiger partial charge is 0.493 e. The van der Waals surface area contributed by atoms with E-state index in [-0.39, 0.29) is 4.90 Å². The maximum absolute atomic E-state index is 12.7. The number of likely N-dealkylation sites (N-methyl/N-ethyl adjacent to an activating group) is 1. The summed E-state index contributed by atoms with van der Waals surface area (Å²) >= 11 is 0. The topological polar surface area (TPSA) is 60.3 Å². The zero-order valence-electron chi connectivity index (χ0n) is 12.8. The molecule has 0 saturated carbocycles. The lowest BCUT2D eigenvalue weighted by molar-refractivity contribution is -0.901. The number of methoxy groups -OCH3 is 2. The summed E-state index contributed by atoms with van der Waals surface area (Å²) in [6.07, 6.45) is 0. The molecule has 1 aliphatic heterocycles. The van der Waals surface area contributed by atoms with E-state index in [1.807, 2.05) is 0 Å². The smallest absolute Gasteiger partial charge is 0.243 e. The van der Waals surface area contributed by atoms with Gasteiger partial charge in [-0.1, -0.05) is 0 Å². The lowest BCUT2D eigenvalue weighted by atomic mass is 10.3. The maximum atomic E-state index is 12.7. The molecule has 7 heteroatoms. The molecule has 0 aliphatic carbocycles. The van der Waals surface area contributed by atoms with E-state index in [0.717, 1.165) is 19.6 Å². The highest BCUT2D eigenvalue weighted by Gasteiger charge is 2.30. The molecule has 0 spiro atoms. The van der Waals surface area contributed by atoms with Gasteiger partial charge in [-0.3, -0.25) is 0 Å². The highest BCUT2D eigenvalue weighted by molar-refractivity contribution is 7.89. The van der Waals surface area contributed by atoms with Crippen LogP contribution in [0.3, 0.4) is 0 Å². The van der Waals surface area contributed by atoms with Crippen molar-refractivity contribution in [2.24, 2.45) is 0 Å². The van der Waals surface area contributed by atoms with Crippen molar-refractivity contribution in [1.29, 1.82) is 0 Å². The van der Waals surface area contributed by atoms with Crippen LogP contribution in [0.5, 0.6) is 11.5 Å². The van der Waals surface area contributed by atoms with Crippen molar-refractivity contribution < 1.29 is 22.8 Å². The highest BCUT2D eigenvalue weighted by atomic mass is 32.2. The summed E-state index contributed by atoms with van der Waals surface area (Å²) in [6.45, 7) is 5.96. The Morgan fingerprint density at radius 2 is 1.76 bits per heavy atom. The van der Waals surface area contributed by atoms with Gasteiger partial charge in [-0.05, 0) is 19.1 Å². The third-order valence-electron chi connectivity index (χ3n) is 3.92. The van der Waals surface area contributed by atoms with Gasteiger partial charge in [0.25, 0.3) is 0 Å². The molecule has 2 rings (SSSR count). The Morgan fingerprint density at radius 3 is 2.29 bits per heavy atom. The third-order valence-corrected chi connectivity index (χ3v) is 5.82. The van der Waals surface area contributed by atoms with Crippen molar-refractivity contribution in [3.8, 4) is 11.5 Å². The molecule has 118 valence electrons. The Labute approximate surface area is 126 Å². The number of quaternary nitrogens is 1. The number of piperazine rings is 1. The van der Waals surface area contributed by atoms with Crippen molar-refractivity contribution >= 4 is 10.0 Å². The number of benzene rings is 1. The predicted molar refractivity (Wildman–Crippen MR) is 79.5 cm³/mol. The Hall–Kier alpha value is -1.31. The van der Waals surface area contributed by atoms with Crippen LogP contribution in [0.25, 0.3) is 0 Å². The number of ether oxygens (including phenoxy) is 2. The summed E-state index contributed by atoms with van der Waals surface area (Å²) in [7, 11) is -0.443. The molecule has 1 heterocycles. The van der Waals surface area contributed by atoms with E-state index in [1.54, 1.807) is 16.4 Å². The van der Waals surface area contributed by atoms with Gasteiger partial charge in [0.1, 0.15) is 0 Å². The van der Waals surface area contributed by atoms with E-state index >= 15 is 0 Å². The van der Waals surface area contributed by atoms with Crippen LogP contribution in [0, 0.1) is 0 Å².